The largest absolute Gasteiger partial charge is 0.333 e. The van der Waals surface area contributed by atoms with Gasteiger partial charge in [0.1, 0.15) is 0 Å². The third-order valence-corrected chi connectivity index (χ3v) is 8.33. The lowest BCUT2D eigenvalue weighted by molar-refractivity contribution is -0.130. The third kappa shape index (κ3) is 4.90. The summed E-state index contributed by atoms with van der Waals surface area (Å²) in [6, 6.07) is 9.94. The molecule has 0 radical (unpaired) electrons. The van der Waals surface area contributed by atoms with Crippen LogP contribution in [0, 0.1) is 13.8 Å². The second-order valence-corrected chi connectivity index (χ2v) is 11.0. The van der Waals surface area contributed by atoms with Crippen LogP contribution in [0.3, 0.4) is 0 Å². The molecule has 0 spiro atoms. The summed E-state index contributed by atoms with van der Waals surface area (Å²) in [6.07, 6.45) is 0.535. The minimum absolute atomic E-state index is 0.00507. The van der Waals surface area contributed by atoms with E-state index in [9.17, 15) is 13.2 Å². The van der Waals surface area contributed by atoms with Crippen molar-refractivity contribution in [1.29, 1.82) is 0 Å². The molecule has 0 N–H and O–H groups in total. The third-order valence-electron chi connectivity index (χ3n) is 4.56. The van der Waals surface area contributed by atoms with E-state index in [-0.39, 0.29) is 23.5 Å². The van der Waals surface area contributed by atoms with Gasteiger partial charge in [0.15, 0.2) is 9.84 Å². The smallest absolute Gasteiger partial charge is 0.233 e. The predicted molar refractivity (Wildman–Crippen MR) is 109 cm³/mol. The molecule has 2 heterocycles. The van der Waals surface area contributed by atoms with E-state index < -0.39 is 9.84 Å². The molecule has 2 aromatic rings. The number of rotatable bonds is 6. The Morgan fingerprint density at radius 3 is 2.73 bits per heavy atom. The van der Waals surface area contributed by atoms with Crippen molar-refractivity contribution in [1.82, 2.24) is 4.90 Å². The lowest BCUT2D eigenvalue weighted by Gasteiger charge is -2.28. The first-order valence-electron chi connectivity index (χ1n) is 8.56. The Kier molecular flexibility index (Phi) is 6.10. The second kappa shape index (κ2) is 8.15. The molecular formula is C19H23NO3S3. The molecule has 1 aliphatic rings. The highest BCUT2D eigenvalue weighted by molar-refractivity contribution is 8.00. The number of benzene rings is 1. The summed E-state index contributed by atoms with van der Waals surface area (Å²) in [5.74, 6) is 0.589. The molecule has 1 unspecified atom stereocenters. The fourth-order valence-electron chi connectivity index (χ4n) is 3.20. The zero-order valence-corrected chi connectivity index (χ0v) is 17.4. The van der Waals surface area contributed by atoms with Gasteiger partial charge >= 0.3 is 0 Å². The van der Waals surface area contributed by atoms with E-state index in [1.54, 1.807) is 16.2 Å². The average Bonchev–Trinajstić information content (AvgIpc) is 3.20. The van der Waals surface area contributed by atoms with Gasteiger partial charge in [0.05, 0.1) is 23.8 Å². The van der Waals surface area contributed by atoms with Crippen molar-refractivity contribution in [3.8, 4) is 0 Å². The Balaban J connectivity index is 1.71. The van der Waals surface area contributed by atoms with E-state index >= 15 is 0 Å². The minimum Gasteiger partial charge on any atom is -0.333 e. The molecule has 7 heteroatoms. The van der Waals surface area contributed by atoms with Crippen LogP contribution in [0.5, 0.6) is 0 Å². The van der Waals surface area contributed by atoms with Gasteiger partial charge in [0, 0.05) is 15.8 Å². The first kappa shape index (κ1) is 19.5. The van der Waals surface area contributed by atoms with E-state index in [4.69, 9.17) is 0 Å². The highest BCUT2D eigenvalue weighted by Crippen LogP contribution is 2.26. The molecule has 0 bridgehead atoms. The Labute approximate surface area is 163 Å². The maximum atomic E-state index is 12.9. The van der Waals surface area contributed by atoms with Crippen LogP contribution in [0.25, 0.3) is 0 Å². The van der Waals surface area contributed by atoms with E-state index in [0.717, 1.165) is 15.3 Å². The van der Waals surface area contributed by atoms with Crippen molar-refractivity contribution in [2.24, 2.45) is 0 Å². The lowest BCUT2D eigenvalue weighted by Crippen LogP contribution is -2.41. The maximum absolute atomic E-state index is 12.9. The summed E-state index contributed by atoms with van der Waals surface area (Å²) in [5, 5.41) is 1.98. The predicted octanol–water partition coefficient (Wildman–Crippen LogP) is 3.67. The zero-order chi connectivity index (χ0) is 18.7. The van der Waals surface area contributed by atoms with E-state index in [1.165, 1.54) is 17.3 Å². The molecular weight excluding hydrogens is 386 g/mol. The molecule has 26 heavy (non-hydrogen) atoms. The first-order valence-corrected chi connectivity index (χ1v) is 12.2. The van der Waals surface area contributed by atoms with Crippen molar-refractivity contribution in [2.75, 3.05) is 17.3 Å². The van der Waals surface area contributed by atoms with E-state index in [1.807, 2.05) is 36.6 Å². The van der Waals surface area contributed by atoms with Crippen molar-refractivity contribution < 1.29 is 13.2 Å². The molecule has 140 valence electrons. The Morgan fingerprint density at radius 1 is 1.31 bits per heavy atom. The molecule has 1 atom stereocenters. The molecule has 1 amide bonds. The fraction of sp³-hybridized carbons (Fsp3) is 0.421. The van der Waals surface area contributed by atoms with Crippen molar-refractivity contribution >= 4 is 38.8 Å². The number of nitrogens with zero attached hydrogens (tertiary/aromatic N) is 1. The summed E-state index contributed by atoms with van der Waals surface area (Å²) < 4.78 is 23.8. The number of hydrogen-bond acceptors (Lipinski definition) is 5. The average molecular weight is 410 g/mol. The van der Waals surface area contributed by atoms with Crippen LogP contribution >= 0.6 is 23.1 Å². The molecule has 4 nitrogen and oxygen atoms in total. The van der Waals surface area contributed by atoms with Gasteiger partial charge in [-0.1, -0.05) is 23.8 Å². The molecule has 1 aromatic carbocycles. The highest BCUT2D eigenvalue weighted by Gasteiger charge is 2.34. The summed E-state index contributed by atoms with van der Waals surface area (Å²) in [4.78, 5) is 16.9. The van der Waals surface area contributed by atoms with Crippen LogP contribution in [0.15, 0.2) is 40.6 Å². The molecule has 1 aromatic heterocycles. The van der Waals surface area contributed by atoms with Crippen LogP contribution in [-0.2, 0) is 21.2 Å². The van der Waals surface area contributed by atoms with Gasteiger partial charge in [-0.15, -0.1) is 23.1 Å². The van der Waals surface area contributed by atoms with Gasteiger partial charge in [-0.2, -0.15) is 0 Å². The van der Waals surface area contributed by atoms with Gasteiger partial charge < -0.3 is 4.90 Å². The van der Waals surface area contributed by atoms with Crippen LogP contribution in [0.1, 0.15) is 22.4 Å². The fourth-order valence-corrected chi connectivity index (χ4v) is 6.53. The maximum Gasteiger partial charge on any atom is 0.233 e. The van der Waals surface area contributed by atoms with Crippen LogP contribution in [0.4, 0.5) is 0 Å². The quantitative estimate of drug-likeness (QED) is 0.683. The summed E-state index contributed by atoms with van der Waals surface area (Å²) in [6.45, 7) is 4.59. The number of sulfone groups is 1. The van der Waals surface area contributed by atoms with Crippen LogP contribution in [-0.4, -0.2) is 42.5 Å². The summed E-state index contributed by atoms with van der Waals surface area (Å²) in [5.41, 5.74) is 2.37. The number of hydrogen-bond donors (Lipinski definition) is 0. The number of thiophene rings is 1. The zero-order valence-electron chi connectivity index (χ0n) is 15.0. The van der Waals surface area contributed by atoms with Crippen molar-refractivity contribution in [3.63, 3.8) is 0 Å². The van der Waals surface area contributed by atoms with Crippen LogP contribution in [0.2, 0.25) is 0 Å². The molecule has 0 saturated carbocycles. The number of amides is 1. The summed E-state index contributed by atoms with van der Waals surface area (Å²) in [7, 11) is -3.03. The van der Waals surface area contributed by atoms with E-state index in [2.05, 4.69) is 13.0 Å². The molecule has 1 saturated heterocycles. The van der Waals surface area contributed by atoms with Crippen LogP contribution < -0.4 is 0 Å². The lowest BCUT2D eigenvalue weighted by atomic mass is 10.2. The second-order valence-electron chi connectivity index (χ2n) is 6.72. The molecule has 3 rings (SSSR count). The Hall–Kier alpha value is -1.31. The number of thioether (sulfide) groups is 1. The molecule has 1 fully saturated rings. The van der Waals surface area contributed by atoms with Gasteiger partial charge in [-0.25, -0.2) is 8.42 Å². The number of carbonyl (C=O) groups excluding carboxylic acids is 1. The van der Waals surface area contributed by atoms with Gasteiger partial charge in [0.25, 0.3) is 0 Å². The number of carbonyl (C=O) groups is 1. The molecule has 1 aliphatic heterocycles. The monoisotopic (exact) mass is 409 g/mol. The molecule has 0 aliphatic carbocycles. The highest BCUT2D eigenvalue weighted by atomic mass is 32.2. The topological polar surface area (TPSA) is 54.5 Å². The van der Waals surface area contributed by atoms with Crippen molar-refractivity contribution in [3.05, 3.63) is 51.7 Å². The van der Waals surface area contributed by atoms with Gasteiger partial charge in [0.2, 0.25) is 5.91 Å². The van der Waals surface area contributed by atoms with Gasteiger partial charge in [-0.05, 0) is 43.3 Å². The van der Waals surface area contributed by atoms with Gasteiger partial charge in [-0.3, -0.25) is 4.79 Å². The normalized spacial score (nSPS) is 18.8. The van der Waals surface area contributed by atoms with E-state index in [0.29, 0.717) is 18.7 Å². The number of aryl methyl sites for hydroxylation is 2. The first-order chi connectivity index (χ1) is 12.3. The Bertz CT molecular complexity index is 875. The standard InChI is InChI=1S/C19H23NO3S3/c1-14-5-6-18(15(2)10-14)25-12-19(21)20(11-17-4-3-8-24-17)16-7-9-26(22,23)13-16/h3-6,8,10,16H,7,9,11-13H2,1-2H3. The summed E-state index contributed by atoms with van der Waals surface area (Å²) >= 11 is 3.12. The van der Waals surface area contributed by atoms with Crippen molar-refractivity contribution in [2.45, 2.75) is 37.8 Å². The Morgan fingerprint density at radius 2 is 2.12 bits per heavy atom. The minimum atomic E-state index is -3.03. The SMILES string of the molecule is Cc1ccc(SCC(=O)N(Cc2cccs2)C2CCS(=O)(=O)C2)c(C)c1.